The molecule has 0 bridgehead atoms. The topological polar surface area (TPSA) is 70.0 Å². The van der Waals surface area contributed by atoms with Gasteiger partial charge in [0.1, 0.15) is 6.10 Å². The monoisotopic (exact) mass is 370 g/mol. The Labute approximate surface area is 165 Å². The van der Waals surface area contributed by atoms with E-state index >= 15 is 0 Å². The number of aromatic nitrogens is 1. The number of anilines is 1. The van der Waals surface area contributed by atoms with E-state index in [1.165, 1.54) is 11.1 Å². The molecule has 2 heterocycles. The number of nitrogens with one attached hydrogen (secondary N) is 2. The van der Waals surface area contributed by atoms with Crippen LogP contribution < -0.4 is 15.4 Å². The molecule has 0 radical (unpaired) electrons. The number of fused-ring (bicyclic) bond motifs is 1. The first kappa shape index (κ1) is 18.0. The Morgan fingerprint density at radius 2 is 1.93 bits per heavy atom. The summed E-state index contributed by atoms with van der Waals surface area (Å²) in [4.78, 5) is 4.35. The fraction of sp³-hybridized carbons (Fsp3) is 0.217. The highest BCUT2D eigenvalue weighted by Crippen LogP contribution is 2.30. The fourth-order valence-corrected chi connectivity index (χ4v) is 3.44. The van der Waals surface area contributed by atoms with Crippen LogP contribution in [0.15, 0.2) is 72.9 Å². The van der Waals surface area contributed by atoms with Crippen LogP contribution in [0.3, 0.4) is 0 Å². The first-order chi connectivity index (χ1) is 13.8. The Morgan fingerprint density at radius 3 is 2.71 bits per heavy atom. The van der Waals surface area contributed by atoms with Crippen molar-refractivity contribution in [2.45, 2.75) is 18.6 Å². The number of rotatable bonds is 6. The lowest BCUT2D eigenvalue weighted by molar-refractivity contribution is 0.150. The van der Waals surface area contributed by atoms with E-state index in [9.17, 15) is 0 Å². The summed E-state index contributed by atoms with van der Waals surface area (Å²) in [5.74, 6) is 0.647. The van der Waals surface area contributed by atoms with Crippen LogP contribution in [0.1, 0.15) is 22.7 Å². The maximum absolute atomic E-state index is 8.93. The highest BCUT2D eigenvalue weighted by molar-refractivity contribution is 5.54. The van der Waals surface area contributed by atoms with Gasteiger partial charge in [0.2, 0.25) is 5.88 Å². The molecule has 2 aromatic carbocycles. The quantitative estimate of drug-likeness (QED) is 0.692. The number of hydrogen-bond acceptors (Lipinski definition) is 5. The summed E-state index contributed by atoms with van der Waals surface area (Å²) in [7, 11) is 0. The van der Waals surface area contributed by atoms with Crippen LogP contribution in [-0.4, -0.2) is 24.2 Å². The van der Waals surface area contributed by atoms with Crippen LogP contribution in [-0.2, 0) is 6.42 Å². The van der Waals surface area contributed by atoms with E-state index in [1.54, 1.807) is 6.20 Å². The molecule has 4 rings (SSSR count). The van der Waals surface area contributed by atoms with Crippen LogP contribution in [0.2, 0.25) is 0 Å². The van der Waals surface area contributed by atoms with Crippen LogP contribution in [0.25, 0.3) is 0 Å². The maximum atomic E-state index is 8.93. The summed E-state index contributed by atoms with van der Waals surface area (Å²) in [5, 5.41) is 16.0. The van der Waals surface area contributed by atoms with Gasteiger partial charge in [-0.3, -0.25) is 0 Å². The van der Waals surface area contributed by atoms with E-state index in [0.717, 1.165) is 18.7 Å². The molecular weight excluding hydrogens is 348 g/mol. The van der Waals surface area contributed by atoms with Gasteiger partial charge in [-0.1, -0.05) is 42.5 Å². The summed E-state index contributed by atoms with van der Waals surface area (Å²) in [6.45, 7) is 1.52. The van der Waals surface area contributed by atoms with Gasteiger partial charge < -0.3 is 15.4 Å². The van der Waals surface area contributed by atoms with Crippen LogP contribution in [0.5, 0.6) is 5.88 Å². The van der Waals surface area contributed by atoms with Gasteiger partial charge in [0.05, 0.1) is 29.9 Å². The number of nitrogens with zero attached hydrogens (tertiary/aromatic N) is 2. The molecule has 3 aromatic rings. The third-order valence-corrected chi connectivity index (χ3v) is 4.92. The molecule has 1 aromatic heterocycles. The van der Waals surface area contributed by atoms with Gasteiger partial charge in [-0.05, 0) is 48.4 Å². The highest BCUT2D eigenvalue weighted by Gasteiger charge is 2.29. The summed E-state index contributed by atoms with van der Waals surface area (Å²) in [5.41, 5.74) is 4.01. The third-order valence-electron chi connectivity index (χ3n) is 4.92. The van der Waals surface area contributed by atoms with E-state index in [-0.39, 0.29) is 12.1 Å². The molecule has 0 spiro atoms. The molecule has 2 atom stereocenters. The number of benzene rings is 2. The third kappa shape index (κ3) is 4.13. The van der Waals surface area contributed by atoms with Gasteiger partial charge >= 0.3 is 0 Å². The van der Waals surface area contributed by atoms with Gasteiger partial charge in [0.15, 0.2) is 0 Å². The number of hydrogen-bond donors (Lipinski definition) is 2. The van der Waals surface area contributed by atoms with Crippen molar-refractivity contribution in [1.29, 1.82) is 5.26 Å². The van der Waals surface area contributed by atoms with Crippen LogP contribution >= 0.6 is 0 Å². The molecule has 1 aliphatic heterocycles. The second-order valence-corrected chi connectivity index (χ2v) is 6.79. The molecule has 5 heteroatoms. The number of pyridine rings is 1. The first-order valence-electron chi connectivity index (χ1n) is 9.46. The number of ether oxygens (including phenoxy) is 1. The largest absolute Gasteiger partial charge is 0.469 e. The van der Waals surface area contributed by atoms with E-state index in [1.807, 2.05) is 54.6 Å². The van der Waals surface area contributed by atoms with Gasteiger partial charge in [-0.25, -0.2) is 4.98 Å². The summed E-state index contributed by atoms with van der Waals surface area (Å²) in [6.07, 6.45) is 2.56. The predicted molar refractivity (Wildman–Crippen MR) is 109 cm³/mol. The van der Waals surface area contributed by atoms with Gasteiger partial charge in [0, 0.05) is 6.20 Å². The minimum absolute atomic E-state index is 0.0437. The predicted octanol–water partition coefficient (Wildman–Crippen LogP) is 3.70. The molecule has 1 aliphatic rings. The van der Waals surface area contributed by atoms with E-state index in [0.29, 0.717) is 18.0 Å². The minimum Gasteiger partial charge on any atom is -0.469 e. The lowest BCUT2D eigenvalue weighted by Gasteiger charge is -2.33. The summed E-state index contributed by atoms with van der Waals surface area (Å²) in [6, 6.07) is 24.2. The molecule has 2 N–H and O–H groups in total. The molecule has 0 fully saturated rings. The average molecular weight is 370 g/mol. The number of nitriles is 1. The Balaban J connectivity index is 1.46. The standard InChI is InChI=1S/C23H22N4O/c24-15-18-10-8-17(9-11-18)12-14-25-22(19-5-2-1-3-6-19)21-16-27-20-7-4-13-26-23(20)28-21/h1-11,13,21-22,25,27H,12,14,16H2/t21-,22+/m0/s1. The highest BCUT2D eigenvalue weighted by atomic mass is 16.5. The Bertz CT molecular complexity index is 950. The lowest BCUT2D eigenvalue weighted by Crippen LogP contribution is -2.43. The first-order valence-corrected chi connectivity index (χ1v) is 9.46. The van der Waals surface area contributed by atoms with Crippen LogP contribution in [0, 0.1) is 11.3 Å². The molecule has 0 saturated heterocycles. The Kier molecular flexibility index (Phi) is 5.51. The van der Waals surface area contributed by atoms with Gasteiger partial charge in [0.25, 0.3) is 0 Å². The second-order valence-electron chi connectivity index (χ2n) is 6.79. The molecule has 28 heavy (non-hydrogen) atoms. The van der Waals surface area contributed by atoms with Crippen LogP contribution in [0.4, 0.5) is 5.69 Å². The maximum Gasteiger partial charge on any atom is 0.237 e. The second kappa shape index (κ2) is 8.55. The van der Waals surface area contributed by atoms with Crippen molar-refractivity contribution >= 4 is 5.69 Å². The van der Waals surface area contributed by atoms with Crippen molar-refractivity contribution in [2.24, 2.45) is 0 Å². The molecule has 5 nitrogen and oxygen atoms in total. The van der Waals surface area contributed by atoms with Crippen molar-refractivity contribution < 1.29 is 4.74 Å². The summed E-state index contributed by atoms with van der Waals surface area (Å²) >= 11 is 0. The fourth-order valence-electron chi connectivity index (χ4n) is 3.44. The van der Waals surface area contributed by atoms with Crippen molar-refractivity contribution in [1.82, 2.24) is 10.3 Å². The molecule has 0 saturated carbocycles. The van der Waals surface area contributed by atoms with Gasteiger partial charge in [-0.15, -0.1) is 0 Å². The molecule has 0 amide bonds. The normalized spacial score (nSPS) is 16.2. The smallest absolute Gasteiger partial charge is 0.237 e. The summed E-state index contributed by atoms with van der Waals surface area (Å²) < 4.78 is 6.21. The SMILES string of the molecule is N#Cc1ccc(CCN[C@H](c2ccccc2)[C@@H]2CNc3cccnc3O2)cc1. The molecule has 140 valence electrons. The van der Waals surface area contributed by atoms with E-state index in [4.69, 9.17) is 10.00 Å². The van der Waals surface area contributed by atoms with Crippen molar-refractivity contribution in [3.63, 3.8) is 0 Å². The Morgan fingerprint density at radius 1 is 1.11 bits per heavy atom. The molecule has 0 aliphatic carbocycles. The van der Waals surface area contributed by atoms with Gasteiger partial charge in [-0.2, -0.15) is 5.26 Å². The molecule has 0 unspecified atom stereocenters. The van der Waals surface area contributed by atoms with E-state index < -0.39 is 0 Å². The zero-order valence-electron chi connectivity index (χ0n) is 15.5. The average Bonchev–Trinajstić information content (AvgIpc) is 2.77. The molecular formula is C23H22N4O. The van der Waals surface area contributed by atoms with E-state index in [2.05, 4.69) is 33.8 Å². The lowest BCUT2D eigenvalue weighted by atomic mass is 9.99. The zero-order valence-corrected chi connectivity index (χ0v) is 15.5. The zero-order chi connectivity index (χ0) is 19.2. The van der Waals surface area contributed by atoms with Crippen molar-refractivity contribution in [2.75, 3.05) is 18.4 Å². The van der Waals surface area contributed by atoms with Crippen molar-refractivity contribution in [3.8, 4) is 11.9 Å². The Hall–Kier alpha value is -3.36. The van der Waals surface area contributed by atoms with Crippen molar-refractivity contribution in [3.05, 3.63) is 89.6 Å². The minimum atomic E-state index is -0.0641.